The summed E-state index contributed by atoms with van der Waals surface area (Å²) in [6.07, 6.45) is 2.50. The first-order valence-electron chi connectivity index (χ1n) is 8.40. The van der Waals surface area contributed by atoms with Crippen molar-refractivity contribution in [1.29, 1.82) is 0 Å². The highest BCUT2D eigenvalue weighted by Crippen LogP contribution is 2.27. The van der Waals surface area contributed by atoms with E-state index in [1.807, 2.05) is 30.3 Å². The number of fused-ring (bicyclic) bond motifs is 1. The minimum atomic E-state index is -0.293. The minimum absolute atomic E-state index is 0.199. The molecule has 0 amide bonds. The van der Waals surface area contributed by atoms with E-state index in [2.05, 4.69) is 9.72 Å². The van der Waals surface area contributed by atoms with Gasteiger partial charge in [0.25, 0.3) is 0 Å². The van der Waals surface area contributed by atoms with Gasteiger partial charge in [0.1, 0.15) is 12.4 Å². The molecule has 2 aromatic rings. The number of methoxy groups -OCH3 is 1. The van der Waals surface area contributed by atoms with Gasteiger partial charge in [-0.05, 0) is 12.0 Å². The lowest BCUT2D eigenvalue weighted by Crippen LogP contribution is -2.24. The van der Waals surface area contributed by atoms with E-state index in [1.54, 1.807) is 0 Å². The number of hydrogen-bond donors (Lipinski definition) is 0. The number of hydrogen-bond acceptors (Lipinski definition) is 6. The largest absolute Gasteiger partial charge is 0.469 e. The lowest BCUT2D eigenvalue weighted by atomic mass is 9.90. The van der Waals surface area contributed by atoms with E-state index >= 15 is 0 Å². The Balaban J connectivity index is 1.54. The van der Waals surface area contributed by atoms with Gasteiger partial charge in [-0.25, -0.2) is 4.98 Å². The Morgan fingerprint density at radius 1 is 1.28 bits per heavy atom. The maximum absolute atomic E-state index is 12.3. The first-order chi connectivity index (χ1) is 12.2. The van der Waals surface area contributed by atoms with Gasteiger partial charge in [-0.3, -0.25) is 9.59 Å². The van der Waals surface area contributed by atoms with Crippen LogP contribution in [0.1, 0.15) is 35.7 Å². The molecule has 6 nitrogen and oxygen atoms in total. The van der Waals surface area contributed by atoms with Gasteiger partial charge in [0.2, 0.25) is 0 Å². The van der Waals surface area contributed by atoms with E-state index in [9.17, 15) is 9.59 Å². The quantitative estimate of drug-likeness (QED) is 0.750. The Labute approximate surface area is 146 Å². The third-order valence-corrected chi connectivity index (χ3v) is 4.31. The monoisotopic (exact) mass is 343 g/mol. The summed E-state index contributed by atoms with van der Waals surface area (Å²) in [5.41, 5.74) is 1.77. The van der Waals surface area contributed by atoms with Crippen LogP contribution >= 0.6 is 0 Å². The molecule has 1 heterocycles. The van der Waals surface area contributed by atoms with E-state index in [-0.39, 0.29) is 30.9 Å². The molecule has 0 saturated carbocycles. The first kappa shape index (κ1) is 17.2. The van der Waals surface area contributed by atoms with Crippen LogP contribution in [0.2, 0.25) is 0 Å². The minimum Gasteiger partial charge on any atom is -0.469 e. The summed E-state index contributed by atoms with van der Waals surface area (Å²) < 4.78 is 15.7. The van der Waals surface area contributed by atoms with E-state index in [0.29, 0.717) is 31.6 Å². The van der Waals surface area contributed by atoms with Gasteiger partial charge in [0.15, 0.2) is 5.89 Å². The number of oxazole rings is 1. The third kappa shape index (κ3) is 4.47. The topological polar surface area (TPSA) is 78.6 Å². The molecule has 0 bridgehead atoms. The van der Waals surface area contributed by atoms with Crippen LogP contribution < -0.4 is 0 Å². The number of rotatable bonds is 6. The van der Waals surface area contributed by atoms with E-state index < -0.39 is 0 Å². The SMILES string of the molecule is COC(=O)CCc1nc2c(o1)CCC(C(=O)OCc1ccccc1)C2. The molecule has 1 aliphatic rings. The standard InChI is InChI=1S/C19H21NO5/c1-23-18(21)10-9-17-20-15-11-14(7-8-16(15)25-17)19(22)24-12-13-5-3-2-4-6-13/h2-6,14H,7-12H2,1H3. The summed E-state index contributed by atoms with van der Waals surface area (Å²) in [5, 5.41) is 0. The van der Waals surface area contributed by atoms with E-state index in [4.69, 9.17) is 9.15 Å². The van der Waals surface area contributed by atoms with Crippen LogP contribution in [0.25, 0.3) is 0 Å². The number of carbonyl (C=O) groups excluding carboxylic acids is 2. The fourth-order valence-electron chi connectivity index (χ4n) is 2.90. The molecular weight excluding hydrogens is 322 g/mol. The number of aryl methyl sites for hydroxylation is 2. The van der Waals surface area contributed by atoms with Crippen LogP contribution in [-0.4, -0.2) is 24.0 Å². The van der Waals surface area contributed by atoms with Crippen LogP contribution in [-0.2, 0) is 44.9 Å². The van der Waals surface area contributed by atoms with E-state index in [0.717, 1.165) is 17.0 Å². The predicted molar refractivity (Wildman–Crippen MR) is 88.6 cm³/mol. The molecule has 1 aromatic carbocycles. The summed E-state index contributed by atoms with van der Waals surface area (Å²) in [6.45, 7) is 0.284. The smallest absolute Gasteiger partial charge is 0.309 e. The molecule has 1 aliphatic carbocycles. The molecule has 1 aromatic heterocycles. The van der Waals surface area contributed by atoms with Crippen LogP contribution in [0.3, 0.4) is 0 Å². The highest BCUT2D eigenvalue weighted by Gasteiger charge is 2.29. The van der Waals surface area contributed by atoms with Crippen LogP contribution in [0, 0.1) is 5.92 Å². The highest BCUT2D eigenvalue weighted by atomic mass is 16.5. The van der Waals surface area contributed by atoms with Crippen molar-refractivity contribution in [2.75, 3.05) is 7.11 Å². The van der Waals surface area contributed by atoms with Crippen molar-refractivity contribution in [1.82, 2.24) is 4.98 Å². The van der Waals surface area contributed by atoms with Gasteiger partial charge in [-0.2, -0.15) is 0 Å². The first-order valence-corrected chi connectivity index (χ1v) is 8.40. The second kappa shape index (κ2) is 7.96. The summed E-state index contributed by atoms with van der Waals surface area (Å²) in [4.78, 5) is 27.9. The average Bonchev–Trinajstić information content (AvgIpc) is 3.07. The average molecular weight is 343 g/mol. The van der Waals surface area contributed by atoms with Gasteiger partial charge < -0.3 is 13.9 Å². The molecule has 1 atom stereocenters. The third-order valence-electron chi connectivity index (χ3n) is 4.31. The molecule has 0 radical (unpaired) electrons. The molecule has 0 saturated heterocycles. The second-order valence-electron chi connectivity index (χ2n) is 6.09. The summed E-state index contributed by atoms with van der Waals surface area (Å²) in [6, 6.07) is 9.62. The van der Waals surface area contributed by atoms with Crippen molar-refractivity contribution in [3.63, 3.8) is 0 Å². The zero-order valence-corrected chi connectivity index (χ0v) is 14.2. The van der Waals surface area contributed by atoms with Gasteiger partial charge in [-0.15, -0.1) is 0 Å². The number of esters is 2. The highest BCUT2D eigenvalue weighted by molar-refractivity contribution is 5.73. The van der Waals surface area contributed by atoms with Crippen molar-refractivity contribution in [2.45, 2.75) is 38.7 Å². The number of nitrogens with zero attached hydrogens (tertiary/aromatic N) is 1. The maximum Gasteiger partial charge on any atom is 0.309 e. The Hall–Kier alpha value is -2.63. The zero-order valence-electron chi connectivity index (χ0n) is 14.2. The fraction of sp³-hybridized carbons (Fsp3) is 0.421. The molecule has 0 aliphatic heterocycles. The normalized spacial score (nSPS) is 16.1. The van der Waals surface area contributed by atoms with Crippen molar-refractivity contribution < 1.29 is 23.5 Å². The predicted octanol–water partition coefficient (Wildman–Crippen LogP) is 2.63. The summed E-state index contributed by atoms with van der Waals surface area (Å²) in [7, 11) is 1.36. The van der Waals surface area contributed by atoms with Crippen molar-refractivity contribution in [3.05, 3.63) is 53.2 Å². The number of aromatic nitrogens is 1. The molecule has 0 N–H and O–H groups in total. The summed E-state index contributed by atoms with van der Waals surface area (Å²) >= 11 is 0. The van der Waals surface area contributed by atoms with Crippen LogP contribution in [0.15, 0.2) is 34.7 Å². The molecule has 0 fully saturated rings. The number of carbonyl (C=O) groups is 2. The second-order valence-corrected chi connectivity index (χ2v) is 6.09. The van der Waals surface area contributed by atoms with Crippen LogP contribution in [0.5, 0.6) is 0 Å². The van der Waals surface area contributed by atoms with Crippen molar-refractivity contribution in [2.24, 2.45) is 5.92 Å². The molecular formula is C19H21NO5. The number of benzene rings is 1. The fourth-order valence-corrected chi connectivity index (χ4v) is 2.90. The van der Waals surface area contributed by atoms with Crippen molar-refractivity contribution >= 4 is 11.9 Å². The Kier molecular flexibility index (Phi) is 5.48. The maximum atomic E-state index is 12.3. The summed E-state index contributed by atoms with van der Waals surface area (Å²) in [5.74, 6) is 0.641. The molecule has 3 rings (SSSR count). The van der Waals surface area contributed by atoms with Gasteiger partial charge in [0.05, 0.1) is 25.1 Å². The Morgan fingerprint density at radius 2 is 2.08 bits per heavy atom. The van der Waals surface area contributed by atoms with Gasteiger partial charge in [-0.1, -0.05) is 30.3 Å². The molecule has 1 unspecified atom stereocenters. The number of ether oxygens (including phenoxy) is 2. The Bertz CT molecular complexity index is 738. The zero-order chi connectivity index (χ0) is 17.6. The molecule has 0 spiro atoms. The molecule has 6 heteroatoms. The van der Waals surface area contributed by atoms with Gasteiger partial charge >= 0.3 is 11.9 Å². The van der Waals surface area contributed by atoms with E-state index in [1.165, 1.54) is 7.11 Å². The molecule has 132 valence electrons. The van der Waals surface area contributed by atoms with Crippen LogP contribution in [0.4, 0.5) is 0 Å². The molecule has 25 heavy (non-hydrogen) atoms. The Morgan fingerprint density at radius 3 is 2.84 bits per heavy atom. The van der Waals surface area contributed by atoms with Crippen molar-refractivity contribution in [3.8, 4) is 0 Å². The lowest BCUT2D eigenvalue weighted by molar-refractivity contribution is -0.150. The van der Waals surface area contributed by atoms with Gasteiger partial charge in [0, 0.05) is 19.3 Å². The lowest BCUT2D eigenvalue weighted by Gasteiger charge is -2.18.